The predicted octanol–water partition coefficient (Wildman–Crippen LogP) is 1.57. The third-order valence-electron chi connectivity index (χ3n) is 3.19. The number of aromatic nitrogens is 1. The normalized spacial score (nSPS) is 12.2. The van der Waals surface area contributed by atoms with Crippen LogP contribution in [0, 0.1) is 0 Å². The molecule has 2 aromatic rings. The fraction of sp³-hybridized carbons (Fsp3) is 0.385. The molecule has 98 valence electrons. The van der Waals surface area contributed by atoms with Crippen LogP contribution in [0.25, 0.3) is 10.9 Å². The Morgan fingerprint density at radius 1 is 1.33 bits per heavy atom. The Balaban J connectivity index is 2.54. The van der Waals surface area contributed by atoms with Gasteiger partial charge in [-0.2, -0.15) is 0 Å². The minimum atomic E-state index is -3.00. The molecule has 0 aliphatic carbocycles. The number of nitrogens with two attached hydrogens (primary N) is 1. The van der Waals surface area contributed by atoms with Crippen LogP contribution < -0.4 is 5.73 Å². The molecule has 0 amide bonds. The summed E-state index contributed by atoms with van der Waals surface area (Å²) in [4.78, 5) is 0. The van der Waals surface area contributed by atoms with E-state index in [2.05, 4.69) is 0 Å². The lowest BCUT2D eigenvalue weighted by Gasteiger charge is -2.01. The number of nitrogens with zero attached hydrogens (tertiary/aromatic N) is 1. The van der Waals surface area contributed by atoms with Crippen molar-refractivity contribution >= 4 is 20.7 Å². The van der Waals surface area contributed by atoms with Crippen LogP contribution in [-0.4, -0.2) is 18.7 Å². The van der Waals surface area contributed by atoms with Gasteiger partial charge >= 0.3 is 0 Å². The Labute approximate surface area is 107 Å². The van der Waals surface area contributed by atoms with E-state index in [0.29, 0.717) is 6.54 Å². The van der Waals surface area contributed by atoms with Gasteiger partial charge in [0.05, 0.1) is 5.75 Å². The van der Waals surface area contributed by atoms with E-state index < -0.39 is 9.84 Å². The lowest BCUT2D eigenvalue weighted by Crippen LogP contribution is -2.06. The molecule has 2 rings (SSSR count). The van der Waals surface area contributed by atoms with Crippen molar-refractivity contribution in [3.63, 3.8) is 0 Å². The van der Waals surface area contributed by atoms with Gasteiger partial charge in [0, 0.05) is 36.4 Å². The molecule has 1 heterocycles. The first kappa shape index (κ1) is 13.1. The molecule has 2 N–H and O–H groups in total. The molecule has 0 aliphatic heterocycles. The van der Waals surface area contributed by atoms with Gasteiger partial charge in [-0.25, -0.2) is 8.42 Å². The zero-order valence-corrected chi connectivity index (χ0v) is 11.5. The summed E-state index contributed by atoms with van der Waals surface area (Å²) in [5.74, 6) is 0.271. The average Bonchev–Trinajstić information content (AvgIpc) is 2.65. The molecule has 0 atom stereocenters. The van der Waals surface area contributed by atoms with Gasteiger partial charge < -0.3 is 10.3 Å². The second-order valence-corrected chi connectivity index (χ2v) is 6.85. The Morgan fingerprint density at radius 2 is 2.06 bits per heavy atom. The summed E-state index contributed by atoms with van der Waals surface area (Å²) >= 11 is 0. The molecule has 5 heteroatoms. The summed E-state index contributed by atoms with van der Waals surface area (Å²) in [6, 6.07) is 5.92. The fourth-order valence-electron chi connectivity index (χ4n) is 2.09. The summed E-state index contributed by atoms with van der Waals surface area (Å²) in [6.07, 6.45) is 1.89. The van der Waals surface area contributed by atoms with E-state index in [1.165, 1.54) is 0 Å². The molecular formula is C13H18N2O2S. The molecule has 18 heavy (non-hydrogen) atoms. The highest BCUT2D eigenvalue weighted by Crippen LogP contribution is 2.23. The highest BCUT2D eigenvalue weighted by atomic mass is 32.2. The summed E-state index contributed by atoms with van der Waals surface area (Å²) in [6.45, 7) is 2.16. The van der Waals surface area contributed by atoms with Crippen LogP contribution in [0.5, 0.6) is 0 Å². The van der Waals surface area contributed by atoms with Crippen LogP contribution in [0.1, 0.15) is 18.1 Å². The SMILES string of the molecule is CCS(=O)(=O)Cc1cn(C)c2cc(CN)ccc12. The predicted molar refractivity (Wildman–Crippen MR) is 74.0 cm³/mol. The molecule has 1 aromatic heterocycles. The summed E-state index contributed by atoms with van der Waals surface area (Å²) in [5, 5.41) is 0.992. The number of rotatable bonds is 4. The number of fused-ring (bicyclic) bond motifs is 1. The first-order valence-electron chi connectivity index (χ1n) is 5.94. The van der Waals surface area contributed by atoms with Crippen LogP contribution in [0.2, 0.25) is 0 Å². The van der Waals surface area contributed by atoms with E-state index in [1.807, 2.05) is 36.0 Å². The lowest BCUT2D eigenvalue weighted by atomic mass is 10.1. The molecule has 0 spiro atoms. The molecule has 1 aromatic carbocycles. The maximum Gasteiger partial charge on any atom is 0.154 e. The highest BCUT2D eigenvalue weighted by molar-refractivity contribution is 7.90. The van der Waals surface area contributed by atoms with Gasteiger partial charge in [-0.15, -0.1) is 0 Å². The van der Waals surface area contributed by atoms with E-state index >= 15 is 0 Å². The molecule has 4 nitrogen and oxygen atoms in total. The average molecular weight is 266 g/mol. The number of hydrogen-bond acceptors (Lipinski definition) is 3. The lowest BCUT2D eigenvalue weighted by molar-refractivity contribution is 0.596. The van der Waals surface area contributed by atoms with Gasteiger partial charge in [0.2, 0.25) is 0 Å². The minimum Gasteiger partial charge on any atom is -0.350 e. The number of benzene rings is 1. The van der Waals surface area contributed by atoms with E-state index in [4.69, 9.17) is 5.73 Å². The third kappa shape index (κ3) is 2.42. The van der Waals surface area contributed by atoms with Gasteiger partial charge in [-0.05, 0) is 17.2 Å². The Kier molecular flexibility index (Phi) is 3.45. The van der Waals surface area contributed by atoms with Crippen LogP contribution in [0.3, 0.4) is 0 Å². The zero-order valence-electron chi connectivity index (χ0n) is 10.7. The Bertz CT molecular complexity index is 672. The van der Waals surface area contributed by atoms with Crippen molar-refractivity contribution in [3.8, 4) is 0 Å². The Morgan fingerprint density at radius 3 is 2.67 bits per heavy atom. The molecule has 0 unspecified atom stereocenters. The van der Waals surface area contributed by atoms with Crippen molar-refractivity contribution in [2.45, 2.75) is 19.2 Å². The van der Waals surface area contributed by atoms with Gasteiger partial charge in [-0.1, -0.05) is 19.1 Å². The fourth-order valence-corrected chi connectivity index (χ4v) is 3.00. The summed E-state index contributed by atoms with van der Waals surface area (Å²) < 4.78 is 25.4. The van der Waals surface area contributed by atoms with Crippen molar-refractivity contribution in [1.82, 2.24) is 4.57 Å². The van der Waals surface area contributed by atoms with Crippen molar-refractivity contribution in [2.75, 3.05) is 5.75 Å². The van der Waals surface area contributed by atoms with Gasteiger partial charge in [-0.3, -0.25) is 0 Å². The second-order valence-electron chi connectivity index (χ2n) is 4.50. The monoisotopic (exact) mass is 266 g/mol. The molecule has 0 radical (unpaired) electrons. The third-order valence-corrected chi connectivity index (χ3v) is 4.82. The number of hydrogen-bond donors (Lipinski definition) is 1. The topological polar surface area (TPSA) is 65.1 Å². The van der Waals surface area contributed by atoms with Gasteiger partial charge in [0.1, 0.15) is 0 Å². The quantitative estimate of drug-likeness (QED) is 0.913. The number of aryl methyl sites for hydroxylation is 1. The van der Waals surface area contributed by atoms with E-state index in [9.17, 15) is 8.42 Å². The number of sulfone groups is 1. The molecule has 0 saturated carbocycles. The highest BCUT2D eigenvalue weighted by Gasteiger charge is 2.14. The van der Waals surface area contributed by atoms with Crippen LogP contribution in [0.15, 0.2) is 24.4 Å². The molecule has 0 saturated heterocycles. The van der Waals surface area contributed by atoms with Crippen molar-refractivity contribution < 1.29 is 8.42 Å². The van der Waals surface area contributed by atoms with E-state index in [0.717, 1.165) is 22.0 Å². The van der Waals surface area contributed by atoms with Crippen LogP contribution >= 0.6 is 0 Å². The van der Waals surface area contributed by atoms with Crippen molar-refractivity contribution in [3.05, 3.63) is 35.5 Å². The first-order chi connectivity index (χ1) is 8.46. The van der Waals surface area contributed by atoms with E-state index in [-0.39, 0.29) is 11.5 Å². The van der Waals surface area contributed by atoms with Gasteiger partial charge in [0.15, 0.2) is 9.84 Å². The Hall–Kier alpha value is -1.33. The first-order valence-corrected chi connectivity index (χ1v) is 7.76. The van der Waals surface area contributed by atoms with Crippen LogP contribution in [-0.2, 0) is 29.2 Å². The van der Waals surface area contributed by atoms with Crippen molar-refractivity contribution in [1.29, 1.82) is 0 Å². The van der Waals surface area contributed by atoms with Gasteiger partial charge in [0.25, 0.3) is 0 Å². The van der Waals surface area contributed by atoms with Crippen LogP contribution in [0.4, 0.5) is 0 Å². The summed E-state index contributed by atoms with van der Waals surface area (Å²) in [7, 11) is -1.08. The minimum absolute atomic E-state index is 0.100. The molecule has 0 fully saturated rings. The smallest absolute Gasteiger partial charge is 0.154 e. The van der Waals surface area contributed by atoms with E-state index in [1.54, 1.807) is 6.92 Å². The molecular weight excluding hydrogens is 248 g/mol. The summed E-state index contributed by atoms with van der Waals surface area (Å²) in [5.41, 5.74) is 8.55. The maximum atomic E-state index is 11.7. The standard InChI is InChI=1S/C13H18N2O2S/c1-3-18(16,17)9-11-8-15(2)13-6-10(7-14)4-5-12(11)13/h4-6,8H,3,7,9,14H2,1-2H3. The largest absolute Gasteiger partial charge is 0.350 e. The second kappa shape index (κ2) is 4.74. The maximum absolute atomic E-state index is 11.7. The molecule has 0 aliphatic rings. The van der Waals surface area contributed by atoms with Crippen molar-refractivity contribution in [2.24, 2.45) is 12.8 Å². The zero-order chi connectivity index (χ0) is 13.3. The molecule has 0 bridgehead atoms.